The molecule has 0 spiro atoms. The van der Waals surface area contributed by atoms with E-state index in [1.54, 1.807) is 0 Å². The fourth-order valence-corrected chi connectivity index (χ4v) is 3.39. The van der Waals surface area contributed by atoms with Crippen molar-refractivity contribution in [3.8, 4) is 11.5 Å². The summed E-state index contributed by atoms with van der Waals surface area (Å²) in [5.41, 5.74) is 0.992. The molecule has 0 bridgehead atoms. The first kappa shape index (κ1) is 11.1. The molecule has 4 nitrogen and oxygen atoms in total. The van der Waals surface area contributed by atoms with Gasteiger partial charge in [0.1, 0.15) is 0 Å². The maximum Gasteiger partial charge on any atom is 0.231 e. The highest BCUT2D eigenvalue weighted by molar-refractivity contribution is 5.79. The van der Waals surface area contributed by atoms with Crippen LogP contribution < -0.4 is 14.8 Å². The summed E-state index contributed by atoms with van der Waals surface area (Å²) in [4.78, 5) is 12.1. The first-order valence-electron chi connectivity index (χ1n) is 6.96. The van der Waals surface area contributed by atoms with Gasteiger partial charge in [0.05, 0.1) is 0 Å². The van der Waals surface area contributed by atoms with E-state index in [0.717, 1.165) is 41.7 Å². The average molecular weight is 259 g/mol. The third-order valence-electron chi connectivity index (χ3n) is 4.55. The Morgan fingerprint density at radius 1 is 1.21 bits per heavy atom. The zero-order valence-corrected chi connectivity index (χ0v) is 10.7. The van der Waals surface area contributed by atoms with Gasteiger partial charge in [-0.15, -0.1) is 0 Å². The SMILES string of the molecule is O=C(NCc1cccc2c1OCO2)C1CC2CC2C1. The predicted molar refractivity (Wildman–Crippen MR) is 68.7 cm³/mol. The molecular formula is C15H17NO3. The molecule has 1 aromatic carbocycles. The maximum absolute atomic E-state index is 12.1. The van der Waals surface area contributed by atoms with Crippen LogP contribution in [0.2, 0.25) is 0 Å². The average Bonchev–Trinajstić information content (AvgIpc) is 2.87. The van der Waals surface area contributed by atoms with Crippen molar-refractivity contribution in [3.05, 3.63) is 23.8 Å². The van der Waals surface area contributed by atoms with Crippen LogP contribution in [0.3, 0.4) is 0 Å². The lowest BCUT2D eigenvalue weighted by molar-refractivity contribution is -0.125. The number of benzene rings is 1. The van der Waals surface area contributed by atoms with Gasteiger partial charge >= 0.3 is 0 Å². The summed E-state index contributed by atoms with van der Waals surface area (Å²) >= 11 is 0. The van der Waals surface area contributed by atoms with Gasteiger partial charge in [0.15, 0.2) is 11.5 Å². The van der Waals surface area contributed by atoms with Gasteiger partial charge in [-0.05, 0) is 37.2 Å². The summed E-state index contributed by atoms with van der Waals surface area (Å²) in [5.74, 6) is 3.66. The number of fused-ring (bicyclic) bond motifs is 2. The number of amides is 1. The van der Waals surface area contributed by atoms with E-state index in [1.165, 1.54) is 6.42 Å². The Labute approximate surface area is 112 Å². The molecule has 1 heterocycles. The second-order valence-electron chi connectivity index (χ2n) is 5.79. The van der Waals surface area contributed by atoms with E-state index in [1.807, 2.05) is 18.2 Å². The Kier molecular flexibility index (Phi) is 2.43. The lowest BCUT2D eigenvalue weighted by Crippen LogP contribution is -2.29. The van der Waals surface area contributed by atoms with Crippen LogP contribution in [0.4, 0.5) is 0 Å². The van der Waals surface area contributed by atoms with Crippen LogP contribution in [0, 0.1) is 17.8 Å². The van der Waals surface area contributed by atoms with Crippen molar-refractivity contribution in [2.24, 2.45) is 17.8 Å². The topological polar surface area (TPSA) is 47.6 Å². The molecule has 2 fully saturated rings. The molecule has 1 aromatic rings. The van der Waals surface area contributed by atoms with E-state index >= 15 is 0 Å². The summed E-state index contributed by atoms with van der Waals surface area (Å²) in [6.07, 6.45) is 3.52. The van der Waals surface area contributed by atoms with E-state index in [-0.39, 0.29) is 18.6 Å². The molecule has 4 rings (SSSR count). The molecule has 2 aliphatic carbocycles. The summed E-state index contributed by atoms with van der Waals surface area (Å²) in [7, 11) is 0. The minimum Gasteiger partial charge on any atom is -0.454 e. The summed E-state index contributed by atoms with van der Waals surface area (Å²) in [5, 5.41) is 3.04. The highest BCUT2D eigenvalue weighted by Gasteiger charge is 2.47. The molecule has 2 atom stereocenters. The molecule has 2 unspecified atom stereocenters. The molecule has 100 valence electrons. The van der Waals surface area contributed by atoms with E-state index < -0.39 is 0 Å². The molecule has 0 saturated heterocycles. The van der Waals surface area contributed by atoms with Gasteiger partial charge in [-0.1, -0.05) is 12.1 Å². The van der Waals surface area contributed by atoms with Crippen LogP contribution in [0.15, 0.2) is 18.2 Å². The fraction of sp³-hybridized carbons (Fsp3) is 0.533. The van der Waals surface area contributed by atoms with E-state index in [2.05, 4.69) is 5.32 Å². The molecule has 1 aliphatic heterocycles. The lowest BCUT2D eigenvalue weighted by Gasteiger charge is -2.13. The van der Waals surface area contributed by atoms with Gasteiger partial charge < -0.3 is 14.8 Å². The number of carbonyl (C=O) groups excluding carboxylic acids is 1. The normalized spacial score (nSPS) is 30.0. The molecule has 3 aliphatic rings. The number of para-hydroxylation sites is 1. The van der Waals surface area contributed by atoms with Crippen molar-refractivity contribution >= 4 is 5.91 Å². The minimum absolute atomic E-state index is 0.198. The molecule has 1 amide bonds. The Bertz CT molecular complexity index is 518. The Morgan fingerprint density at radius 3 is 2.89 bits per heavy atom. The number of hydrogen-bond acceptors (Lipinski definition) is 3. The van der Waals surface area contributed by atoms with Gasteiger partial charge in [0, 0.05) is 18.0 Å². The van der Waals surface area contributed by atoms with Crippen LogP contribution in [-0.4, -0.2) is 12.7 Å². The highest BCUT2D eigenvalue weighted by atomic mass is 16.7. The van der Waals surface area contributed by atoms with Crippen LogP contribution in [0.5, 0.6) is 11.5 Å². The van der Waals surface area contributed by atoms with Gasteiger partial charge in [0.25, 0.3) is 0 Å². The largest absolute Gasteiger partial charge is 0.454 e. The number of carbonyl (C=O) groups is 1. The number of ether oxygens (including phenoxy) is 2. The molecule has 1 N–H and O–H groups in total. The van der Waals surface area contributed by atoms with E-state index in [0.29, 0.717) is 6.54 Å². The van der Waals surface area contributed by atoms with E-state index in [4.69, 9.17) is 9.47 Å². The highest BCUT2D eigenvalue weighted by Crippen LogP contribution is 2.54. The predicted octanol–water partition coefficient (Wildman–Crippen LogP) is 2.08. The molecule has 2 saturated carbocycles. The molecular weight excluding hydrogens is 242 g/mol. The van der Waals surface area contributed by atoms with Gasteiger partial charge in [-0.3, -0.25) is 4.79 Å². The Morgan fingerprint density at radius 2 is 2.05 bits per heavy atom. The third kappa shape index (κ3) is 1.95. The Hall–Kier alpha value is -1.71. The van der Waals surface area contributed by atoms with Crippen molar-refractivity contribution in [2.45, 2.75) is 25.8 Å². The smallest absolute Gasteiger partial charge is 0.231 e. The van der Waals surface area contributed by atoms with Crippen molar-refractivity contribution in [1.82, 2.24) is 5.32 Å². The van der Waals surface area contributed by atoms with Crippen LogP contribution in [0.25, 0.3) is 0 Å². The van der Waals surface area contributed by atoms with Gasteiger partial charge in [-0.2, -0.15) is 0 Å². The van der Waals surface area contributed by atoms with E-state index in [9.17, 15) is 4.79 Å². The second kappa shape index (κ2) is 4.15. The number of rotatable bonds is 3. The standard InChI is InChI=1S/C15H17NO3/c17-15(12-5-10-4-11(10)6-12)16-7-9-2-1-3-13-14(9)19-8-18-13/h1-3,10-12H,4-8H2,(H,16,17). The van der Waals surface area contributed by atoms with Crippen LogP contribution >= 0.6 is 0 Å². The van der Waals surface area contributed by atoms with Crippen LogP contribution in [-0.2, 0) is 11.3 Å². The van der Waals surface area contributed by atoms with Gasteiger partial charge in [0.2, 0.25) is 12.7 Å². The molecule has 4 heteroatoms. The maximum atomic E-state index is 12.1. The molecule has 0 aromatic heterocycles. The van der Waals surface area contributed by atoms with Crippen molar-refractivity contribution in [2.75, 3.05) is 6.79 Å². The van der Waals surface area contributed by atoms with Crippen molar-refractivity contribution < 1.29 is 14.3 Å². The summed E-state index contributed by atoms with van der Waals surface area (Å²) in [6.45, 7) is 0.795. The minimum atomic E-state index is 0.198. The zero-order chi connectivity index (χ0) is 12.8. The quantitative estimate of drug-likeness (QED) is 0.904. The Balaban J connectivity index is 1.39. The summed E-state index contributed by atoms with van der Waals surface area (Å²) in [6, 6.07) is 5.79. The first-order valence-corrected chi connectivity index (χ1v) is 6.96. The number of hydrogen-bond donors (Lipinski definition) is 1. The zero-order valence-electron chi connectivity index (χ0n) is 10.7. The first-order chi connectivity index (χ1) is 9.31. The number of nitrogens with one attached hydrogen (secondary N) is 1. The fourth-order valence-electron chi connectivity index (χ4n) is 3.39. The monoisotopic (exact) mass is 259 g/mol. The van der Waals surface area contributed by atoms with Gasteiger partial charge in [-0.25, -0.2) is 0 Å². The second-order valence-corrected chi connectivity index (χ2v) is 5.79. The van der Waals surface area contributed by atoms with Crippen molar-refractivity contribution in [3.63, 3.8) is 0 Å². The lowest BCUT2D eigenvalue weighted by atomic mass is 10.0. The summed E-state index contributed by atoms with van der Waals surface area (Å²) < 4.78 is 10.8. The molecule has 19 heavy (non-hydrogen) atoms. The third-order valence-corrected chi connectivity index (χ3v) is 4.55. The van der Waals surface area contributed by atoms with Crippen molar-refractivity contribution in [1.29, 1.82) is 0 Å². The molecule has 0 radical (unpaired) electrons. The van der Waals surface area contributed by atoms with Crippen LogP contribution in [0.1, 0.15) is 24.8 Å².